The van der Waals surface area contributed by atoms with Gasteiger partial charge in [0, 0.05) is 26.7 Å². The number of carboxylic acids is 1. The molecule has 0 bridgehead atoms. The van der Waals surface area contributed by atoms with Gasteiger partial charge in [0.15, 0.2) is 0 Å². The lowest BCUT2D eigenvalue weighted by molar-refractivity contribution is -0.141. The van der Waals surface area contributed by atoms with Gasteiger partial charge >= 0.3 is 12.0 Å². The lowest BCUT2D eigenvalue weighted by Gasteiger charge is -2.25. The first-order valence-electron chi connectivity index (χ1n) is 7.16. The third-order valence-electron chi connectivity index (χ3n) is 2.92. The normalized spacial score (nSPS) is 12.2. The standard InChI is InChI=1S/C14H28N2O4/c1-5-6-12(13(17)18)9-15-14(19)16(7-8-20-4)10-11(2)3/h11-12H,5-10H2,1-4H3,(H,15,19)(H,17,18). The molecule has 1 unspecified atom stereocenters. The number of nitrogens with zero attached hydrogens (tertiary/aromatic N) is 1. The highest BCUT2D eigenvalue weighted by molar-refractivity contribution is 5.76. The number of hydrogen-bond acceptors (Lipinski definition) is 3. The van der Waals surface area contributed by atoms with E-state index in [-0.39, 0.29) is 12.6 Å². The minimum absolute atomic E-state index is 0.170. The van der Waals surface area contributed by atoms with Crippen molar-refractivity contribution in [2.45, 2.75) is 33.6 Å². The van der Waals surface area contributed by atoms with Crippen LogP contribution in [0.15, 0.2) is 0 Å². The van der Waals surface area contributed by atoms with E-state index < -0.39 is 11.9 Å². The second-order valence-electron chi connectivity index (χ2n) is 5.34. The summed E-state index contributed by atoms with van der Waals surface area (Å²) >= 11 is 0. The van der Waals surface area contributed by atoms with Gasteiger partial charge in [0.25, 0.3) is 0 Å². The third kappa shape index (κ3) is 7.99. The molecule has 6 nitrogen and oxygen atoms in total. The maximum absolute atomic E-state index is 12.1. The zero-order valence-electron chi connectivity index (χ0n) is 13.0. The van der Waals surface area contributed by atoms with Gasteiger partial charge < -0.3 is 20.1 Å². The molecule has 0 aromatic heterocycles. The molecule has 0 aliphatic rings. The second-order valence-corrected chi connectivity index (χ2v) is 5.34. The second kappa shape index (κ2) is 10.5. The summed E-state index contributed by atoms with van der Waals surface area (Å²) in [6.07, 6.45) is 1.35. The van der Waals surface area contributed by atoms with Crippen LogP contribution >= 0.6 is 0 Å². The molecule has 0 aliphatic heterocycles. The summed E-state index contributed by atoms with van der Waals surface area (Å²) in [7, 11) is 1.59. The highest BCUT2D eigenvalue weighted by Crippen LogP contribution is 2.06. The van der Waals surface area contributed by atoms with E-state index in [1.807, 2.05) is 20.8 Å². The number of carbonyl (C=O) groups is 2. The molecule has 0 heterocycles. The molecule has 6 heteroatoms. The average Bonchev–Trinajstić information content (AvgIpc) is 2.38. The van der Waals surface area contributed by atoms with Crippen LogP contribution in [-0.2, 0) is 9.53 Å². The van der Waals surface area contributed by atoms with Crippen molar-refractivity contribution in [1.29, 1.82) is 0 Å². The van der Waals surface area contributed by atoms with Crippen molar-refractivity contribution in [3.8, 4) is 0 Å². The Bertz CT molecular complexity index is 295. The fraction of sp³-hybridized carbons (Fsp3) is 0.857. The van der Waals surface area contributed by atoms with Crippen LogP contribution in [-0.4, -0.2) is 55.4 Å². The Balaban J connectivity index is 4.38. The molecule has 0 rings (SSSR count). The molecule has 1 atom stereocenters. The smallest absolute Gasteiger partial charge is 0.317 e. The van der Waals surface area contributed by atoms with Gasteiger partial charge in [0.1, 0.15) is 0 Å². The summed E-state index contributed by atoms with van der Waals surface area (Å²) in [5.41, 5.74) is 0. The summed E-state index contributed by atoms with van der Waals surface area (Å²) in [5.74, 6) is -1.03. The Morgan fingerprint density at radius 2 is 2.00 bits per heavy atom. The molecule has 118 valence electrons. The maximum Gasteiger partial charge on any atom is 0.317 e. The topological polar surface area (TPSA) is 78.9 Å². The molecular weight excluding hydrogens is 260 g/mol. The molecule has 0 aromatic rings. The molecule has 0 aromatic carbocycles. The lowest BCUT2D eigenvalue weighted by Crippen LogP contribution is -2.45. The molecule has 0 radical (unpaired) electrons. The minimum Gasteiger partial charge on any atom is -0.481 e. The van der Waals surface area contributed by atoms with Crippen LogP contribution in [0, 0.1) is 11.8 Å². The SMILES string of the molecule is CCCC(CNC(=O)N(CCOC)CC(C)C)C(=O)O. The summed E-state index contributed by atoms with van der Waals surface area (Å²) in [4.78, 5) is 24.8. The van der Waals surface area contributed by atoms with Crippen molar-refractivity contribution in [2.75, 3.05) is 33.4 Å². The van der Waals surface area contributed by atoms with Crippen LogP contribution in [0.25, 0.3) is 0 Å². The van der Waals surface area contributed by atoms with E-state index >= 15 is 0 Å². The monoisotopic (exact) mass is 288 g/mol. The van der Waals surface area contributed by atoms with E-state index in [2.05, 4.69) is 5.32 Å². The predicted molar refractivity (Wildman–Crippen MR) is 77.7 cm³/mol. The van der Waals surface area contributed by atoms with E-state index in [0.717, 1.165) is 6.42 Å². The van der Waals surface area contributed by atoms with Gasteiger partial charge in [-0.3, -0.25) is 4.79 Å². The van der Waals surface area contributed by atoms with Crippen LogP contribution in [0.4, 0.5) is 4.79 Å². The number of amides is 2. The maximum atomic E-state index is 12.1. The zero-order chi connectivity index (χ0) is 15.5. The predicted octanol–water partition coefficient (Wildman–Crippen LogP) is 1.80. The Morgan fingerprint density at radius 3 is 2.45 bits per heavy atom. The fourth-order valence-electron chi connectivity index (χ4n) is 1.90. The first kappa shape index (κ1) is 18.7. The van der Waals surface area contributed by atoms with Gasteiger partial charge in [-0.1, -0.05) is 27.2 Å². The first-order chi connectivity index (χ1) is 9.42. The highest BCUT2D eigenvalue weighted by atomic mass is 16.5. The fourth-order valence-corrected chi connectivity index (χ4v) is 1.90. The number of hydrogen-bond donors (Lipinski definition) is 2. The number of urea groups is 1. The van der Waals surface area contributed by atoms with Crippen molar-refractivity contribution >= 4 is 12.0 Å². The number of carbonyl (C=O) groups excluding carboxylic acids is 1. The van der Waals surface area contributed by atoms with Crippen LogP contribution in [0.1, 0.15) is 33.6 Å². The van der Waals surface area contributed by atoms with E-state index in [9.17, 15) is 9.59 Å². The quantitative estimate of drug-likeness (QED) is 0.642. The van der Waals surface area contributed by atoms with E-state index in [1.165, 1.54) is 0 Å². The average molecular weight is 288 g/mol. The summed E-state index contributed by atoms with van der Waals surface area (Å²) in [6.45, 7) is 7.77. The molecular formula is C14H28N2O4. The molecule has 2 amide bonds. The minimum atomic E-state index is -0.862. The zero-order valence-corrected chi connectivity index (χ0v) is 13.0. The number of aliphatic carboxylic acids is 1. The van der Waals surface area contributed by atoms with Crippen molar-refractivity contribution in [3.63, 3.8) is 0 Å². The first-order valence-corrected chi connectivity index (χ1v) is 7.16. The molecule has 0 saturated heterocycles. The Labute approximate surface area is 121 Å². The van der Waals surface area contributed by atoms with Crippen molar-refractivity contribution in [1.82, 2.24) is 10.2 Å². The molecule has 0 fully saturated rings. The number of nitrogens with one attached hydrogen (secondary N) is 1. The van der Waals surface area contributed by atoms with Crippen LogP contribution in [0.3, 0.4) is 0 Å². The van der Waals surface area contributed by atoms with E-state index in [4.69, 9.17) is 9.84 Å². The summed E-state index contributed by atoms with van der Waals surface area (Å²) in [5, 5.41) is 11.8. The Hall–Kier alpha value is -1.30. The van der Waals surface area contributed by atoms with E-state index in [0.29, 0.717) is 32.0 Å². The third-order valence-corrected chi connectivity index (χ3v) is 2.92. The lowest BCUT2D eigenvalue weighted by atomic mass is 10.0. The summed E-state index contributed by atoms with van der Waals surface area (Å²) in [6, 6.07) is -0.224. The molecule has 20 heavy (non-hydrogen) atoms. The molecule has 0 spiro atoms. The molecule has 2 N–H and O–H groups in total. The largest absolute Gasteiger partial charge is 0.481 e. The van der Waals surface area contributed by atoms with Crippen molar-refractivity contribution < 1.29 is 19.4 Å². The van der Waals surface area contributed by atoms with E-state index in [1.54, 1.807) is 12.0 Å². The molecule has 0 aliphatic carbocycles. The van der Waals surface area contributed by atoms with Gasteiger partial charge in [0.05, 0.1) is 12.5 Å². The Morgan fingerprint density at radius 1 is 1.35 bits per heavy atom. The van der Waals surface area contributed by atoms with Gasteiger partial charge in [0.2, 0.25) is 0 Å². The van der Waals surface area contributed by atoms with Crippen LogP contribution < -0.4 is 5.32 Å². The Kier molecular flexibility index (Phi) is 9.80. The van der Waals surface area contributed by atoms with Crippen molar-refractivity contribution in [2.24, 2.45) is 11.8 Å². The molecule has 0 saturated carbocycles. The van der Waals surface area contributed by atoms with Crippen LogP contribution in [0.5, 0.6) is 0 Å². The van der Waals surface area contributed by atoms with Crippen molar-refractivity contribution in [3.05, 3.63) is 0 Å². The number of carboxylic acid groups (broad SMARTS) is 1. The highest BCUT2D eigenvalue weighted by Gasteiger charge is 2.20. The van der Waals surface area contributed by atoms with Gasteiger partial charge in [-0.05, 0) is 12.3 Å². The number of rotatable bonds is 10. The van der Waals surface area contributed by atoms with Crippen LogP contribution in [0.2, 0.25) is 0 Å². The number of methoxy groups -OCH3 is 1. The van der Waals surface area contributed by atoms with Gasteiger partial charge in [-0.15, -0.1) is 0 Å². The van der Waals surface area contributed by atoms with Gasteiger partial charge in [-0.2, -0.15) is 0 Å². The number of ether oxygens (including phenoxy) is 1. The summed E-state index contributed by atoms with van der Waals surface area (Å²) < 4.78 is 4.99. The van der Waals surface area contributed by atoms with Gasteiger partial charge in [-0.25, -0.2) is 4.79 Å².